The Labute approximate surface area is 116 Å². The normalized spacial score (nSPS) is 31.0. The van der Waals surface area contributed by atoms with Crippen molar-refractivity contribution in [3.8, 4) is 0 Å². The molecule has 19 heavy (non-hydrogen) atoms. The van der Waals surface area contributed by atoms with Crippen LogP contribution in [0.3, 0.4) is 0 Å². The molecule has 2 N–H and O–H groups in total. The highest BCUT2D eigenvalue weighted by Gasteiger charge is 2.54. The molecule has 1 aromatic heterocycles. The zero-order valence-corrected chi connectivity index (χ0v) is 12.3. The predicted octanol–water partition coefficient (Wildman–Crippen LogP) is 3.65. The van der Waals surface area contributed by atoms with Crippen LogP contribution in [-0.4, -0.2) is 4.57 Å². The molecule has 2 saturated carbocycles. The Morgan fingerprint density at radius 3 is 2.68 bits per heavy atom. The highest BCUT2D eigenvalue weighted by molar-refractivity contribution is 5.30. The van der Waals surface area contributed by atoms with Crippen molar-refractivity contribution >= 4 is 0 Å². The number of aromatic nitrogens is 1. The molecule has 2 nitrogen and oxygen atoms in total. The Kier molecular flexibility index (Phi) is 2.32. The van der Waals surface area contributed by atoms with Crippen molar-refractivity contribution in [3.05, 3.63) is 23.5 Å². The second-order valence-corrected chi connectivity index (χ2v) is 8.13. The van der Waals surface area contributed by atoms with Gasteiger partial charge < -0.3 is 10.3 Å². The van der Waals surface area contributed by atoms with Crippen molar-refractivity contribution in [2.75, 3.05) is 0 Å². The lowest BCUT2D eigenvalue weighted by molar-refractivity contribution is 0.268. The maximum absolute atomic E-state index is 6.37. The Morgan fingerprint density at radius 2 is 2.05 bits per heavy atom. The summed E-state index contributed by atoms with van der Waals surface area (Å²) < 4.78 is 2.56. The molecule has 1 atom stereocenters. The summed E-state index contributed by atoms with van der Waals surface area (Å²) in [5, 5.41) is 0. The van der Waals surface area contributed by atoms with Gasteiger partial charge in [0.2, 0.25) is 0 Å². The summed E-state index contributed by atoms with van der Waals surface area (Å²) in [5.74, 6) is 1.04. The standard InChI is InChI=1S/C17H26N2/c1-16(2)9-14(18)13-5-8-19(15(13)10-16)11-17(6-7-17)12-3-4-12/h5,8,12,14H,3-4,6-7,9-11,18H2,1-2H3. The fraction of sp³-hybridized carbons (Fsp3) is 0.765. The average molecular weight is 258 g/mol. The molecule has 0 bridgehead atoms. The molecule has 2 heteroatoms. The number of nitrogens with zero attached hydrogens (tertiary/aromatic N) is 1. The zero-order chi connectivity index (χ0) is 13.3. The second kappa shape index (κ2) is 3.66. The summed E-state index contributed by atoms with van der Waals surface area (Å²) >= 11 is 0. The minimum atomic E-state index is 0.246. The van der Waals surface area contributed by atoms with Gasteiger partial charge in [0.25, 0.3) is 0 Å². The quantitative estimate of drug-likeness (QED) is 0.881. The van der Waals surface area contributed by atoms with Gasteiger partial charge in [0.15, 0.2) is 0 Å². The number of hydrogen-bond donors (Lipinski definition) is 1. The van der Waals surface area contributed by atoms with Gasteiger partial charge >= 0.3 is 0 Å². The van der Waals surface area contributed by atoms with Gasteiger partial charge in [-0.1, -0.05) is 13.8 Å². The summed E-state index contributed by atoms with van der Waals surface area (Å²) in [6.45, 7) is 5.98. The predicted molar refractivity (Wildman–Crippen MR) is 77.9 cm³/mol. The topological polar surface area (TPSA) is 30.9 Å². The molecule has 0 aromatic carbocycles. The Balaban J connectivity index is 1.64. The van der Waals surface area contributed by atoms with Gasteiger partial charge in [0, 0.05) is 24.5 Å². The van der Waals surface area contributed by atoms with Crippen molar-refractivity contribution in [1.82, 2.24) is 4.57 Å². The van der Waals surface area contributed by atoms with E-state index in [0.29, 0.717) is 10.8 Å². The Hall–Kier alpha value is -0.760. The molecule has 4 rings (SSSR count). The SMILES string of the molecule is CC1(C)Cc2c(ccn2CC2(C3CC3)CC2)C(N)C1. The van der Waals surface area contributed by atoms with Crippen LogP contribution in [-0.2, 0) is 13.0 Å². The van der Waals surface area contributed by atoms with E-state index in [4.69, 9.17) is 5.73 Å². The third-order valence-corrected chi connectivity index (χ3v) is 5.75. The first-order valence-corrected chi connectivity index (χ1v) is 7.93. The van der Waals surface area contributed by atoms with Gasteiger partial charge in [0.05, 0.1) is 0 Å². The molecule has 0 spiro atoms. The highest BCUT2D eigenvalue weighted by Crippen LogP contribution is 2.62. The first-order valence-electron chi connectivity index (χ1n) is 7.93. The molecule has 1 heterocycles. The van der Waals surface area contributed by atoms with Crippen molar-refractivity contribution < 1.29 is 0 Å². The lowest BCUT2D eigenvalue weighted by atomic mass is 9.74. The maximum Gasteiger partial charge on any atom is 0.0318 e. The minimum Gasteiger partial charge on any atom is -0.351 e. The molecule has 0 aliphatic heterocycles. The van der Waals surface area contributed by atoms with Crippen LogP contribution in [0, 0.1) is 16.7 Å². The first-order chi connectivity index (χ1) is 8.99. The van der Waals surface area contributed by atoms with E-state index in [1.165, 1.54) is 49.9 Å². The molecule has 1 aromatic rings. The molecule has 3 aliphatic carbocycles. The van der Waals surface area contributed by atoms with Gasteiger partial charge in [-0.05, 0) is 66.9 Å². The van der Waals surface area contributed by atoms with E-state index in [1.54, 1.807) is 0 Å². The highest BCUT2D eigenvalue weighted by atomic mass is 15.0. The molecular weight excluding hydrogens is 232 g/mol. The van der Waals surface area contributed by atoms with E-state index in [1.807, 2.05) is 0 Å². The fourth-order valence-corrected chi connectivity index (χ4v) is 4.33. The molecule has 0 amide bonds. The number of rotatable bonds is 3. The van der Waals surface area contributed by atoms with Crippen molar-refractivity contribution in [2.45, 2.75) is 65.0 Å². The zero-order valence-electron chi connectivity index (χ0n) is 12.3. The summed E-state index contributed by atoms with van der Waals surface area (Å²) in [7, 11) is 0. The number of fused-ring (bicyclic) bond motifs is 1. The van der Waals surface area contributed by atoms with Crippen LogP contribution >= 0.6 is 0 Å². The Bertz CT molecular complexity index is 503. The summed E-state index contributed by atoms with van der Waals surface area (Å²) in [5.41, 5.74) is 10.4. The number of hydrogen-bond acceptors (Lipinski definition) is 1. The van der Waals surface area contributed by atoms with Crippen LogP contribution in [0.5, 0.6) is 0 Å². The smallest absolute Gasteiger partial charge is 0.0318 e. The van der Waals surface area contributed by atoms with Crippen LogP contribution in [0.2, 0.25) is 0 Å². The van der Waals surface area contributed by atoms with Crippen LogP contribution in [0.25, 0.3) is 0 Å². The molecule has 3 aliphatic rings. The maximum atomic E-state index is 6.37. The third kappa shape index (κ3) is 1.96. The molecule has 1 unspecified atom stereocenters. The van der Waals surface area contributed by atoms with E-state index < -0.39 is 0 Å². The van der Waals surface area contributed by atoms with Crippen LogP contribution in [0.4, 0.5) is 0 Å². The summed E-state index contributed by atoms with van der Waals surface area (Å²) in [6, 6.07) is 2.54. The van der Waals surface area contributed by atoms with Gasteiger partial charge in [-0.2, -0.15) is 0 Å². The monoisotopic (exact) mass is 258 g/mol. The van der Waals surface area contributed by atoms with Crippen molar-refractivity contribution in [1.29, 1.82) is 0 Å². The van der Waals surface area contributed by atoms with Gasteiger partial charge in [-0.3, -0.25) is 0 Å². The average Bonchev–Trinajstić information content (AvgIpc) is 3.19. The summed E-state index contributed by atoms with van der Waals surface area (Å²) in [6.07, 6.45) is 10.5. The van der Waals surface area contributed by atoms with E-state index in [2.05, 4.69) is 30.7 Å². The first kappa shape index (κ1) is 12.0. The van der Waals surface area contributed by atoms with E-state index in [9.17, 15) is 0 Å². The molecule has 104 valence electrons. The van der Waals surface area contributed by atoms with Crippen LogP contribution in [0.1, 0.15) is 63.3 Å². The van der Waals surface area contributed by atoms with Crippen LogP contribution in [0.15, 0.2) is 12.3 Å². The van der Waals surface area contributed by atoms with Crippen molar-refractivity contribution in [3.63, 3.8) is 0 Å². The van der Waals surface area contributed by atoms with Gasteiger partial charge in [0.1, 0.15) is 0 Å². The van der Waals surface area contributed by atoms with Crippen molar-refractivity contribution in [2.24, 2.45) is 22.5 Å². The second-order valence-electron chi connectivity index (χ2n) is 8.13. The fourth-order valence-electron chi connectivity index (χ4n) is 4.33. The lowest BCUT2D eigenvalue weighted by Crippen LogP contribution is -2.31. The minimum absolute atomic E-state index is 0.246. The van der Waals surface area contributed by atoms with E-state index >= 15 is 0 Å². The third-order valence-electron chi connectivity index (χ3n) is 5.75. The molecule has 2 fully saturated rings. The van der Waals surface area contributed by atoms with Gasteiger partial charge in [-0.25, -0.2) is 0 Å². The largest absolute Gasteiger partial charge is 0.351 e. The molecular formula is C17H26N2. The molecule has 0 saturated heterocycles. The van der Waals surface area contributed by atoms with E-state index in [0.717, 1.165) is 12.3 Å². The summed E-state index contributed by atoms with van der Waals surface area (Å²) in [4.78, 5) is 0. The van der Waals surface area contributed by atoms with Crippen LogP contribution < -0.4 is 5.73 Å². The lowest BCUT2D eigenvalue weighted by Gasteiger charge is -2.35. The Morgan fingerprint density at radius 1 is 1.32 bits per heavy atom. The van der Waals surface area contributed by atoms with E-state index in [-0.39, 0.29) is 6.04 Å². The van der Waals surface area contributed by atoms with Gasteiger partial charge in [-0.15, -0.1) is 0 Å². The number of nitrogens with two attached hydrogens (primary N) is 1. The molecule has 0 radical (unpaired) electrons.